The van der Waals surface area contributed by atoms with E-state index in [1.165, 1.54) is 0 Å². The Bertz CT molecular complexity index is 1420. The van der Waals surface area contributed by atoms with Gasteiger partial charge in [-0.05, 0) is 69.5 Å². The second kappa shape index (κ2) is 8.66. The van der Waals surface area contributed by atoms with Gasteiger partial charge in [0, 0.05) is 46.3 Å². The van der Waals surface area contributed by atoms with E-state index in [1.54, 1.807) is 17.5 Å². The van der Waals surface area contributed by atoms with E-state index in [-0.39, 0.29) is 0 Å². The number of aryl methyl sites for hydroxylation is 1. The van der Waals surface area contributed by atoms with Crippen molar-refractivity contribution in [1.82, 2.24) is 9.55 Å². The molecule has 0 aliphatic carbocycles. The van der Waals surface area contributed by atoms with E-state index in [2.05, 4.69) is 27.4 Å². The molecule has 35 heavy (non-hydrogen) atoms. The molecule has 1 aliphatic heterocycles. The maximum absolute atomic E-state index is 12.7. The van der Waals surface area contributed by atoms with Crippen molar-refractivity contribution in [2.45, 2.75) is 52.9 Å². The summed E-state index contributed by atoms with van der Waals surface area (Å²) in [4.78, 5) is 19.5. The van der Waals surface area contributed by atoms with Crippen LogP contribution in [0.15, 0.2) is 41.9 Å². The minimum absolute atomic E-state index is 0.630. The largest absolute Gasteiger partial charge is 0.479 e. The zero-order valence-corrected chi connectivity index (χ0v) is 22.0. The zero-order valence-electron chi connectivity index (χ0n) is 20.4. The fraction of sp³-hybridized carbons (Fsp3) is 0.333. The van der Waals surface area contributed by atoms with E-state index in [0.29, 0.717) is 10.6 Å². The summed E-state index contributed by atoms with van der Waals surface area (Å²) in [6.45, 7) is 11.3. The number of carbonyl (C=O) groups is 1. The first-order valence-electron chi connectivity index (χ1n) is 11.6. The first-order chi connectivity index (χ1) is 16.6. The summed E-state index contributed by atoms with van der Waals surface area (Å²) in [6.07, 6.45) is 0.655. The molecule has 0 radical (unpaired) electrons. The number of rotatable bonds is 5. The van der Waals surface area contributed by atoms with Crippen LogP contribution in [0, 0.1) is 13.8 Å². The van der Waals surface area contributed by atoms with Gasteiger partial charge in [-0.2, -0.15) is 0 Å². The van der Waals surface area contributed by atoms with Crippen LogP contribution in [0.2, 0.25) is 5.02 Å². The van der Waals surface area contributed by atoms with E-state index in [0.717, 1.165) is 57.2 Å². The number of carboxylic acids is 1. The van der Waals surface area contributed by atoms with Crippen molar-refractivity contribution in [2.75, 3.05) is 11.4 Å². The van der Waals surface area contributed by atoms with Gasteiger partial charge in [0.15, 0.2) is 11.2 Å². The third kappa shape index (κ3) is 4.11. The van der Waals surface area contributed by atoms with Crippen LogP contribution in [0.3, 0.4) is 0 Å². The Kier molecular flexibility index (Phi) is 5.90. The van der Waals surface area contributed by atoms with Crippen LogP contribution in [-0.4, -0.2) is 32.8 Å². The predicted octanol–water partition coefficient (Wildman–Crippen LogP) is 7.13. The number of aromatic nitrogens is 2. The van der Waals surface area contributed by atoms with E-state index in [1.807, 2.05) is 57.3 Å². The van der Waals surface area contributed by atoms with Crippen LogP contribution in [0.4, 0.5) is 10.8 Å². The molecule has 2 aromatic carbocycles. The minimum Gasteiger partial charge on any atom is -0.479 e. The lowest BCUT2D eigenvalue weighted by Crippen LogP contribution is -2.31. The molecule has 6 nitrogen and oxygen atoms in total. The van der Waals surface area contributed by atoms with Gasteiger partial charge in [-0.1, -0.05) is 23.7 Å². The lowest BCUT2D eigenvalue weighted by molar-refractivity contribution is -0.160. The van der Waals surface area contributed by atoms with Crippen LogP contribution in [-0.2, 0) is 16.1 Å². The second-order valence-corrected chi connectivity index (χ2v) is 11.2. The lowest BCUT2D eigenvalue weighted by atomic mass is 9.87. The molecule has 0 spiro atoms. The van der Waals surface area contributed by atoms with Crippen LogP contribution >= 0.6 is 22.9 Å². The van der Waals surface area contributed by atoms with E-state index >= 15 is 0 Å². The standard InChI is InChI=1S/C27H28ClN3O3S/c1-15-14-19-21(17-6-8-18(28)9-7-17)20(24(25(32)33)34-27(3,4)5)16(2)22-23(19)30(15)11-12-31(22)26-29-10-13-35-26/h6-10,13-14,24H,11-12H2,1-5H3,(H,32,33)/t24-/m0/s1. The molecule has 2 aromatic heterocycles. The summed E-state index contributed by atoms with van der Waals surface area (Å²) < 4.78 is 8.54. The summed E-state index contributed by atoms with van der Waals surface area (Å²) in [5.41, 5.74) is 5.89. The SMILES string of the molecule is Cc1c([C@H](OC(C)(C)C)C(=O)O)c(-c2ccc(Cl)cc2)c2cc(C)n3c2c1N(c1nccs1)CC3. The highest BCUT2D eigenvalue weighted by Gasteiger charge is 2.36. The monoisotopic (exact) mass is 509 g/mol. The van der Waals surface area contributed by atoms with Gasteiger partial charge in [-0.15, -0.1) is 11.3 Å². The van der Waals surface area contributed by atoms with E-state index < -0.39 is 17.7 Å². The molecule has 1 atom stereocenters. The van der Waals surface area contributed by atoms with Gasteiger partial charge in [-0.3, -0.25) is 0 Å². The van der Waals surface area contributed by atoms with Crippen LogP contribution < -0.4 is 4.90 Å². The first kappa shape index (κ1) is 23.9. The van der Waals surface area contributed by atoms with Gasteiger partial charge in [0.05, 0.1) is 16.8 Å². The third-order valence-electron chi connectivity index (χ3n) is 6.38. The van der Waals surface area contributed by atoms with Crippen LogP contribution in [0.5, 0.6) is 0 Å². The third-order valence-corrected chi connectivity index (χ3v) is 7.43. The molecule has 4 aromatic rings. The Morgan fingerprint density at radius 1 is 1.20 bits per heavy atom. The van der Waals surface area contributed by atoms with Crippen LogP contribution in [0.1, 0.15) is 43.7 Å². The van der Waals surface area contributed by atoms with Gasteiger partial charge < -0.3 is 19.3 Å². The van der Waals surface area contributed by atoms with Crippen molar-refractivity contribution in [3.8, 4) is 11.1 Å². The summed E-state index contributed by atoms with van der Waals surface area (Å²) in [5.74, 6) is -1.02. The highest BCUT2D eigenvalue weighted by atomic mass is 35.5. The number of aliphatic carboxylic acids is 1. The molecular weight excluding hydrogens is 482 g/mol. The normalized spacial score (nSPS) is 14.5. The maximum atomic E-state index is 12.7. The summed E-state index contributed by atoms with van der Waals surface area (Å²) >= 11 is 7.80. The molecule has 8 heteroatoms. The molecule has 0 bridgehead atoms. The Hall–Kier alpha value is -2.87. The van der Waals surface area contributed by atoms with Crippen molar-refractivity contribution in [1.29, 1.82) is 0 Å². The van der Waals surface area contributed by atoms with Gasteiger partial charge >= 0.3 is 5.97 Å². The topological polar surface area (TPSA) is 67.6 Å². The molecule has 1 N–H and O–H groups in total. The number of anilines is 2. The Balaban J connectivity index is 1.92. The number of ether oxygens (including phenoxy) is 1. The first-order valence-corrected chi connectivity index (χ1v) is 12.8. The van der Waals surface area contributed by atoms with Crippen molar-refractivity contribution in [3.05, 3.63) is 63.8 Å². The Morgan fingerprint density at radius 3 is 2.51 bits per heavy atom. The lowest BCUT2D eigenvalue weighted by Gasteiger charge is -2.34. The maximum Gasteiger partial charge on any atom is 0.337 e. The van der Waals surface area contributed by atoms with Crippen molar-refractivity contribution >= 4 is 50.6 Å². The number of hydrogen-bond donors (Lipinski definition) is 1. The Labute approximate surface area is 213 Å². The molecule has 1 aliphatic rings. The zero-order chi connectivity index (χ0) is 25.1. The fourth-order valence-electron chi connectivity index (χ4n) is 5.07. The number of nitrogens with zero attached hydrogens (tertiary/aromatic N) is 3. The average molecular weight is 510 g/mol. The smallest absolute Gasteiger partial charge is 0.337 e. The molecule has 182 valence electrons. The summed E-state index contributed by atoms with van der Waals surface area (Å²) in [5, 5.41) is 14.9. The molecule has 0 saturated carbocycles. The molecule has 0 unspecified atom stereocenters. The Morgan fingerprint density at radius 2 is 1.91 bits per heavy atom. The van der Waals surface area contributed by atoms with Crippen molar-refractivity contribution in [2.24, 2.45) is 0 Å². The van der Waals surface area contributed by atoms with Crippen molar-refractivity contribution < 1.29 is 14.6 Å². The highest BCUT2D eigenvalue weighted by Crippen LogP contribution is 2.49. The number of carboxylic acid groups (broad SMARTS) is 1. The summed E-state index contributed by atoms with van der Waals surface area (Å²) in [6, 6.07) is 9.74. The van der Waals surface area contributed by atoms with Crippen LogP contribution in [0.25, 0.3) is 22.0 Å². The van der Waals surface area contributed by atoms with Gasteiger partial charge in [0.1, 0.15) is 0 Å². The number of hydrogen-bond acceptors (Lipinski definition) is 5. The molecule has 0 saturated heterocycles. The van der Waals surface area contributed by atoms with Gasteiger partial charge in [-0.25, -0.2) is 9.78 Å². The van der Waals surface area contributed by atoms with Gasteiger partial charge in [0.25, 0.3) is 0 Å². The molecular formula is C27H28ClN3O3S. The average Bonchev–Trinajstić information content (AvgIpc) is 3.43. The minimum atomic E-state index is -1.15. The van der Waals surface area contributed by atoms with Gasteiger partial charge in [0.2, 0.25) is 0 Å². The molecule has 0 amide bonds. The fourth-order valence-corrected chi connectivity index (χ4v) is 5.87. The second-order valence-electron chi connectivity index (χ2n) is 9.88. The molecule has 3 heterocycles. The summed E-state index contributed by atoms with van der Waals surface area (Å²) in [7, 11) is 0. The van der Waals surface area contributed by atoms with Crippen molar-refractivity contribution in [3.63, 3.8) is 0 Å². The van der Waals surface area contributed by atoms with E-state index in [4.69, 9.17) is 16.3 Å². The quantitative estimate of drug-likeness (QED) is 0.310. The number of halogens is 1. The molecule has 0 fully saturated rings. The predicted molar refractivity (Wildman–Crippen MR) is 142 cm³/mol. The highest BCUT2D eigenvalue weighted by molar-refractivity contribution is 7.13. The number of benzene rings is 2. The molecule has 5 rings (SSSR count). The van der Waals surface area contributed by atoms with E-state index in [9.17, 15) is 9.90 Å². The number of thiazole rings is 1.